The highest BCUT2D eigenvalue weighted by molar-refractivity contribution is 5.90. The SMILES string of the molecule is COC(=O)c1ccc(-c2ccco2)n1CC(=O)N1CCN(c2ccccn2)CC1. The highest BCUT2D eigenvalue weighted by atomic mass is 16.5. The molecule has 8 nitrogen and oxygen atoms in total. The van der Waals surface area contributed by atoms with Gasteiger partial charge in [0.15, 0.2) is 0 Å². The Morgan fingerprint density at radius 3 is 2.55 bits per heavy atom. The minimum absolute atomic E-state index is 0.0387. The zero-order chi connectivity index (χ0) is 20.2. The van der Waals surface area contributed by atoms with Crippen molar-refractivity contribution in [2.75, 3.05) is 38.2 Å². The lowest BCUT2D eigenvalue weighted by Crippen LogP contribution is -2.50. The van der Waals surface area contributed by atoms with E-state index >= 15 is 0 Å². The van der Waals surface area contributed by atoms with Crippen LogP contribution in [0.4, 0.5) is 5.82 Å². The van der Waals surface area contributed by atoms with Crippen molar-refractivity contribution in [2.24, 2.45) is 0 Å². The van der Waals surface area contributed by atoms with Crippen LogP contribution in [-0.2, 0) is 16.1 Å². The Labute approximate surface area is 168 Å². The van der Waals surface area contributed by atoms with Gasteiger partial charge in [-0.05, 0) is 36.4 Å². The summed E-state index contributed by atoms with van der Waals surface area (Å²) in [4.78, 5) is 33.5. The van der Waals surface area contributed by atoms with Crippen LogP contribution in [0.25, 0.3) is 11.5 Å². The van der Waals surface area contributed by atoms with Crippen LogP contribution >= 0.6 is 0 Å². The third-order valence-corrected chi connectivity index (χ3v) is 5.05. The molecule has 3 aromatic heterocycles. The van der Waals surface area contributed by atoms with Crippen molar-refractivity contribution in [1.82, 2.24) is 14.5 Å². The Morgan fingerprint density at radius 2 is 1.90 bits per heavy atom. The molecule has 0 aliphatic carbocycles. The molecule has 4 rings (SSSR count). The van der Waals surface area contributed by atoms with E-state index in [0.717, 1.165) is 5.82 Å². The van der Waals surface area contributed by atoms with Crippen molar-refractivity contribution in [2.45, 2.75) is 6.54 Å². The zero-order valence-corrected chi connectivity index (χ0v) is 16.2. The maximum atomic E-state index is 13.0. The fourth-order valence-electron chi connectivity index (χ4n) is 3.52. The number of aromatic nitrogens is 2. The number of hydrogen-bond acceptors (Lipinski definition) is 6. The van der Waals surface area contributed by atoms with Crippen LogP contribution in [0.2, 0.25) is 0 Å². The predicted octanol–water partition coefficient (Wildman–Crippen LogP) is 2.28. The third-order valence-electron chi connectivity index (χ3n) is 5.05. The molecule has 0 saturated carbocycles. The van der Waals surface area contributed by atoms with Crippen LogP contribution in [0.15, 0.2) is 59.3 Å². The lowest BCUT2D eigenvalue weighted by molar-refractivity contribution is -0.132. The van der Waals surface area contributed by atoms with Gasteiger partial charge in [-0.15, -0.1) is 0 Å². The van der Waals surface area contributed by atoms with Crippen molar-refractivity contribution in [3.63, 3.8) is 0 Å². The second-order valence-corrected chi connectivity index (χ2v) is 6.71. The van der Waals surface area contributed by atoms with Gasteiger partial charge in [0.2, 0.25) is 5.91 Å². The van der Waals surface area contributed by atoms with E-state index in [1.54, 1.807) is 41.3 Å². The number of pyridine rings is 1. The first-order valence-corrected chi connectivity index (χ1v) is 9.43. The lowest BCUT2D eigenvalue weighted by Gasteiger charge is -2.35. The fourth-order valence-corrected chi connectivity index (χ4v) is 3.52. The summed E-state index contributed by atoms with van der Waals surface area (Å²) in [7, 11) is 1.32. The Hall–Kier alpha value is -3.55. The number of carbonyl (C=O) groups excluding carboxylic acids is 2. The van der Waals surface area contributed by atoms with E-state index in [2.05, 4.69) is 9.88 Å². The largest absolute Gasteiger partial charge is 0.464 e. The molecule has 3 aromatic rings. The predicted molar refractivity (Wildman–Crippen MR) is 107 cm³/mol. The number of anilines is 1. The molecular formula is C21H22N4O4. The van der Waals surface area contributed by atoms with Crippen LogP contribution in [-0.4, -0.2) is 59.6 Å². The van der Waals surface area contributed by atoms with E-state index in [1.165, 1.54) is 7.11 Å². The molecule has 4 heterocycles. The van der Waals surface area contributed by atoms with Crippen LogP contribution in [0.5, 0.6) is 0 Å². The molecule has 1 fully saturated rings. The topological polar surface area (TPSA) is 80.8 Å². The summed E-state index contributed by atoms with van der Waals surface area (Å²) >= 11 is 0. The zero-order valence-electron chi connectivity index (χ0n) is 16.2. The summed E-state index contributed by atoms with van der Waals surface area (Å²) in [5.74, 6) is 0.960. The van der Waals surface area contributed by atoms with E-state index in [9.17, 15) is 9.59 Å². The molecule has 0 atom stereocenters. The molecule has 0 bridgehead atoms. The summed E-state index contributed by atoms with van der Waals surface area (Å²) in [6, 6.07) is 12.8. The average Bonchev–Trinajstić information content (AvgIpc) is 3.44. The number of amides is 1. The van der Waals surface area contributed by atoms with Crippen LogP contribution < -0.4 is 4.90 Å². The third kappa shape index (κ3) is 3.87. The van der Waals surface area contributed by atoms with E-state index in [0.29, 0.717) is 43.3 Å². The number of nitrogens with zero attached hydrogens (tertiary/aromatic N) is 4. The van der Waals surface area contributed by atoms with Gasteiger partial charge < -0.3 is 23.5 Å². The number of furan rings is 1. The summed E-state index contributed by atoms with van der Waals surface area (Å²) in [5.41, 5.74) is 0.982. The van der Waals surface area contributed by atoms with Crippen molar-refractivity contribution < 1.29 is 18.7 Å². The molecule has 1 amide bonds. The average molecular weight is 394 g/mol. The first-order chi connectivity index (χ1) is 14.2. The van der Waals surface area contributed by atoms with Gasteiger partial charge in [-0.1, -0.05) is 6.07 Å². The molecule has 150 valence electrons. The van der Waals surface area contributed by atoms with Crippen molar-refractivity contribution in [3.8, 4) is 11.5 Å². The minimum Gasteiger partial charge on any atom is -0.464 e. The van der Waals surface area contributed by atoms with Gasteiger partial charge in [0.25, 0.3) is 0 Å². The van der Waals surface area contributed by atoms with Gasteiger partial charge in [-0.2, -0.15) is 0 Å². The van der Waals surface area contributed by atoms with E-state index in [-0.39, 0.29) is 12.5 Å². The molecule has 1 saturated heterocycles. The lowest BCUT2D eigenvalue weighted by atomic mass is 10.3. The Morgan fingerprint density at radius 1 is 1.07 bits per heavy atom. The summed E-state index contributed by atoms with van der Waals surface area (Å²) in [5, 5.41) is 0. The Kier molecular flexibility index (Phi) is 5.33. The first kappa shape index (κ1) is 18.8. The highest BCUT2D eigenvalue weighted by Crippen LogP contribution is 2.24. The number of esters is 1. The number of rotatable bonds is 5. The molecule has 0 aromatic carbocycles. The quantitative estimate of drug-likeness (QED) is 0.618. The smallest absolute Gasteiger partial charge is 0.354 e. The fraction of sp³-hybridized carbons (Fsp3) is 0.286. The summed E-state index contributed by atoms with van der Waals surface area (Å²) in [6.07, 6.45) is 3.33. The number of carbonyl (C=O) groups is 2. The second kappa shape index (κ2) is 8.22. The summed E-state index contributed by atoms with van der Waals surface area (Å²) in [6.45, 7) is 2.66. The van der Waals surface area contributed by atoms with E-state index in [4.69, 9.17) is 9.15 Å². The van der Waals surface area contributed by atoms with Gasteiger partial charge in [-0.25, -0.2) is 9.78 Å². The van der Waals surface area contributed by atoms with Crippen LogP contribution in [0, 0.1) is 0 Å². The van der Waals surface area contributed by atoms with Gasteiger partial charge in [0, 0.05) is 32.4 Å². The minimum atomic E-state index is -0.490. The maximum absolute atomic E-state index is 13.0. The van der Waals surface area contributed by atoms with E-state index in [1.807, 2.05) is 23.1 Å². The van der Waals surface area contributed by atoms with Crippen LogP contribution in [0.3, 0.4) is 0 Å². The van der Waals surface area contributed by atoms with Gasteiger partial charge in [0.05, 0.1) is 19.1 Å². The van der Waals surface area contributed by atoms with E-state index < -0.39 is 5.97 Å². The van der Waals surface area contributed by atoms with Gasteiger partial charge in [-0.3, -0.25) is 4.79 Å². The molecule has 1 aliphatic rings. The normalized spacial score (nSPS) is 14.1. The molecule has 0 spiro atoms. The molecule has 1 aliphatic heterocycles. The van der Waals surface area contributed by atoms with Crippen molar-refractivity contribution in [3.05, 3.63) is 60.6 Å². The summed E-state index contributed by atoms with van der Waals surface area (Å²) < 4.78 is 12.0. The van der Waals surface area contributed by atoms with Gasteiger partial charge >= 0.3 is 5.97 Å². The molecule has 0 N–H and O–H groups in total. The highest BCUT2D eigenvalue weighted by Gasteiger charge is 2.25. The van der Waals surface area contributed by atoms with Crippen LogP contribution in [0.1, 0.15) is 10.5 Å². The molecular weight excluding hydrogens is 372 g/mol. The van der Waals surface area contributed by atoms with Crippen molar-refractivity contribution >= 4 is 17.7 Å². The maximum Gasteiger partial charge on any atom is 0.354 e. The number of ether oxygens (including phenoxy) is 1. The number of hydrogen-bond donors (Lipinski definition) is 0. The Bertz CT molecular complexity index is 974. The molecule has 0 unspecified atom stereocenters. The Balaban J connectivity index is 1.49. The second-order valence-electron chi connectivity index (χ2n) is 6.71. The molecule has 0 radical (unpaired) electrons. The molecule has 8 heteroatoms. The van der Waals surface area contributed by atoms with Crippen molar-refractivity contribution in [1.29, 1.82) is 0 Å². The standard InChI is InChI=1S/C21H22N4O4/c1-28-21(27)17-8-7-16(18-5-4-14-29-18)25(17)15-20(26)24-12-10-23(11-13-24)19-6-2-3-9-22-19/h2-9,14H,10-13,15H2,1H3. The first-order valence-electron chi connectivity index (χ1n) is 9.43. The van der Waals surface area contributed by atoms with Gasteiger partial charge in [0.1, 0.15) is 23.8 Å². The number of piperazine rings is 1. The number of methoxy groups -OCH3 is 1. The molecule has 29 heavy (non-hydrogen) atoms. The monoisotopic (exact) mass is 394 g/mol.